The van der Waals surface area contributed by atoms with Crippen molar-refractivity contribution in [2.45, 2.75) is 51.6 Å². The standard InChI is InChI=1S/C14H20N4/c1-12-7-9-15-18(12)11-13-8-10-17(16-13)14-5-3-2-4-6-14/h7-10,14H,2-6,11H2,1H3. The van der Waals surface area contributed by atoms with Crippen LogP contribution in [0.3, 0.4) is 0 Å². The number of aromatic nitrogens is 4. The maximum absolute atomic E-state index is 4.71. The van der Waals surface area contributed by atoms with Gasteiger partial charge in [-0.1, -0.05) is 19.3 Å². The molecular weight excluding hydrogens is 224 g/mol. The van der Waals surface area contributed by atoms with Crippen LogP contribution in [0.1, 0.15) is 49.5 Å². The number of hydrogen-bond donors (Lipinski definition) is 0. The predicted molar refractivity (Wildman–Crippen MR) is 70.4 cm³/mol. The summed E-state index contributed by atoms with van der Waals surface area (Å²) in [5.41, 5.74) is 2.29. The van der Waals surface area contributed by atoms with Gasteiger partial charge in [-0.2, -0.15) is 10.2 Å². The van der Waals surface area contributed by atoms with Crippen molar-refractivity contribution in [1.29, 1.82) is 0 Å². The van der Waals surface area contributed by atoms with E-state index in [9.17, 15) is 0 Å². The summed E-state index contributed by atoms with van der Waals surface area (Å²) < 4.78 is 4.15. The Labute approximate surface area is 108 Å². The number of hydrogen-bond acceptors (Lipinski definition) is 2. The molecule has 0 spiro atoms. The highest BCUT2D eigenvalue weighted by Gasteiger charge is 2.16. The Morgan fingerprint density at radius 2 is 2.06 bits per heavy atom. The molecule has 2 aromatic rings. The van der Waals surface area contributed by atoms with Crippen molar-refractivity contribution in [2.24, 2.45) is 0 Å². The fourth-order valence-corrected chi connectivity index (χ4v) is 2.73. The lowest BCUT2D eigenvalue weighted by molar-refractivity contribution is 0.327. The van der Waals surface area contributed by atoms with E-state index in [2.05, 4.69) is 29.0 Å². The molecule has 1 aliphatic carbocycles. The molecule has 0 saturated heterocycles. The molecule has 2 heterocycles. The van der Waals surface area contributed by atoms with Crippen LogP contribution in [0, 0.1) is 6.92 Å². The molecule has 0 bridgehead atoms. The molecule has 0 unspecified atom stereocenters. The first-order valence-electron chi connectivity index (χ1n) is 6.85. The van der Waals surface area contributed by atoms with Crippen LogP contribution in [-0.2, 0) is 6.54 Å². The van der Waals surface area contributed by atoms with Crippen molar-refractivity contribution < 1.29 is 0 Å². The Morgan fingerprint density at radius 1 is 1.22 bits per heavy atom. The highest BCUT2D eigenvalue weighted by Crippen LogP contribution is 2.27. The van der Waals surface area contributed by atoms with Gasteiger partial charge in [-0.05, 0) is 31.9 Å². The van der Waals surface area contributed by atoms with E-state index in [1.165, 1.54) is 37.8 Å². The Hall–Kier alpha value is -1.58. The smallest absolute Gasteiger partial charge is 0.0852 e. The van der Waals surface area contributed by atoms with Gasteiger partial charge in [-0.3, -0.25) is 9.36 Å². The van der Waals surface area contributed by atoms with Gasteiger partial charge in [0.25, 0.3) is 0 Å². The first-order chi connectivity index (χ1) is 8.83. The second-order valence-corrected chi connectivity index (χ2v) is 5.21. The van der Waals surface area contributed by atoms with Gasteiger partial charge in [0.1, 0.15) is 0 Å². The molecule has 1 saturated carbocycles. The molecule has 0 atom stereocenters. The van der Waals surface area contributed by atoms with Crippen LogP contribution >= 0.6 is 0 Å². The van der Waals surface area contributed by atoms with E-state index in [-0.39, 0.29) is 0 Å². The van der Waals surface area contributed by atoms with E-state index in [1.54, 1.807) is 0 Å². The van der Waals surface area contributed by atoms with Crippen molar-refractivity contribution in [1.82, 2.24) is 19.6 Å². The van der Waals surface area contributed by atoms with Crippen molar-refractivity contribution in [2.75, 3.05) is 0 Å². The summed E-state index contributed by atoms with van der Waals surface area (Å²) in [7, 11) is 0. The first kappa shape index (κ1) is 11.5. The van der Waals surface area contributed by atoms with Gasteiger partial charge < -0.3 is 0 Å². The summed E-state index contributed by atoms with van der Waals surface area (Å²) >= 11 is 0. The third-order valence-corrected chi connectivity index (χ3v) is 3.85. The van der Waals surface area contributed by atoms with Crippen LogP contribution in [0.15, 0.2) is 24.5 Å². The quantitative estimate of drug-likeness (QED) is 0.832. The Balaban J connectivity index is 1.71. The van der Waals surface area contributed by atoms with E-state index in [1.807, 2.05) is 16.9 Å². The number of rotatable bonds is 3. The van der Waals surface area contributed by atoms with Gasteiger partial charge in [-0.25, -0.2) is 0 Å². The van der Waals surface area contributed by atoms with E-state index < -0.39 is 0 Å². The van der Waals surface area contributed by atoms with Gasteiger partial charge >= 0.3 is 0 Å². The van der Waals surface area contributed by atoms with E-state index in [4.69, 9.17) is 5.10 Å². The van der Waals surface area contributed by atoms with E-state index in [0.717, 1.165) is 12.2 Å². The SMILES string of the molecule is Cc1ccnn1Cc1ccn(C2CCCCC2)n1. The van der Waals surface area contributed by atoms with E-state index in [0.29, 0.717) is 6.04 Å². The Morgan fingerprint density at radius 3 is 2.78 bits per heavy atom. The Bertz CT molecular complexity index is 505. The summed E-state index contributed by atoms with van der Waals surface area (Å²) in [4.78, 5) is 0. The normalized spacial score (nSPS) is 17.2. The fourth-order valence-electron chi connectivity index (χ4n) is 2.73. The highest BCUT2D eigenvalue weighted by molar-refractivity contribution is 5.04. The average molecular weight is 244 g/mol. The van der Waals surface area contributed by atoms with E-state index >= 15 is 0 Å². The molecule has 0 radical (unpaired) electrons. The lowest BCUT2D eigenvalue weighted by atomic mass is 9.96. The zero-order chi connectivity index (χ0) is 12.4. The van der Waals surface area contributed by atoms with Crippen molar-refractivity contribution in [3.63, 3.8) is 0 Å². The molecule has 0 amide bonds. The highest BCUT2D eigenvalue weighted by atomic mass is 15.3. The number of nitrogens with zero attached hydrogens (tertiary/aromatic N) is 4. The monoisotopic (exact) mass is 244 g/mol. The van der Waals surface area contributed by atoms with Crippen LogP contribution in [0.5, 0.6) is 0 Å². The van der Waals surface area contributed by atoms with Crippen LogP contribution in [0.4, 0.5) is 0 Å². The molecule has 1 fully saturated rings. The van der Waals surface area contributed by atoms with Gasteiger partial charge in [0.2, 0.25) is 0 Å². The summed E-state index contributed by atoms with van der Waals surface area (Å²) in [6, 6.07) is 4.76. The van der Waals surface area contributed by atoms with Gasteiger partial charge in [-0.15, -0.1) is 0 Å². The molecule has 0 aliphatic heterocycles. The third-order valence-electron chi connectivity index (χ3n) is 3.85. The predicted octanol–water partition coefficient (Wildman–Crippen LogP) is 2.94. The van der Waals surface area contributed by atoms with Crippen molar-refractivity contribution >= 4 is 0 Å². The second-order valence-electron chi connectivity index (χ2n) is 5.21. The fraction of sp³-hybridized carbons (Fsp3) is 0.571. The van der Waals surface area contributed by atoms with Gasteiger partial charge in [0, 0.05) is 18.1 Å². The molecule has 18 heavy (non-hydrogen) atoms. The molecule has 1 aliphatic rings. The molecule has 4 heteroatoms. The topological polar surface area (TPSA) is 35.6 Å². The minimum Gasteiger partial charge on any atom is -0.269 e. The minimum absolute atomic E-state index is 0.617. The maximum Gasteiger partial charge on any atom is 0.0852 e. The molecular formula is C14H20N4. The van der Waals surface area contributed by atoms with Crippen molar-refractivity contribution in [3.8, 4) is 0 Å². The van der Waals surface area contributed by atoms with Crippen LogP contribution < -0.4 is 0 Å². The first-order valence-corrected chi connectivity index (χ1v) is 6.85. The number of aryl methyl sites for hydroxylation is 1. The summed E-state index contributed by atoms with van der Waals surface area (Å²) in [5, 5.41) is 9.01. The average Bonchev–Trinajstić information content (AvgIpc) is 3.02. The van der Waals surface area contributed by atoms with Crippen LogP contribution in [0.25, 0.3) is 0 Å². The van der Waals surface area contributed by atoms with Gasteiger partial charge in [0.15, 0.2) is 0 Å². The van der Waals surface area contributed by atoms with Crippen molar-refractivity contribution in [3.05, 3.63) is 35.9 Å². The van der Waals surface area contributed by atoms with Crippen LogP contribution in [0.2, 0.25) is 0 Å². The largest absolute Gasteiger partial charge is 0.269 e. The molecule has 2 aromatic heterocycles. The van der Waals surface area contributed by atoms with Gasteiger partial charge in [0.05, 0.1) is 18.3 Å². The molecule has 96 valence electrons. The lowest BCUT2D eigenvalue weighted by Crippen LogP contribution is -2.14. The molecule has 0 aromatic carbocycles. The third kappa shape index (κ3) is 2.33. The maximum atomic E-state index is 4.71. The molecule has 4 nitrogen and oxygen atoms in total. The zero-order valence-electron chi connectivity index (χ0n) is 10.9. The molecule has 0 N–H and O–H groups in total. The summed E-state index contributed by atoms with van der Waals surface area (Å²) in [6.45, 7) is 2.85. The lowest BCUT2D eigenvalue weighted by Gasteiger charge is -2.21. The second kappa shape index (κ2) is 4.96. The van der Waals surface area contributed by atoms with Crippen LogP contribution in [-0.4, -0.2) is 19.6 Å². The zero-order valence-corrected chi connectivity index (χ0v) is 10.9. The molecule has 3 rings (SSSR count). The Kier molecular flexibility index (Phi) is 3.17. The summed E-state index contributed by atoms with van der Waals surface area (Å²) in [5.74, 6) is 0. The summed E-state index contributed by atoms with van der Waals surface area (Å²) in [6.07, 6.45) is 10.6. The minimum atomic E-state index is 0.617.